The van der Waals surface area contributed by atoms with Gasteiger partial charge in [-0.2, -0.15) is 0 Å². The van der Waals surface area contributed by atoms with Crippen LogP contribution in [0.1, 0.15) is 11.1 Å². The van der Waals surface area contributed by atoms with Gasteiger partial charge in [-0.15, -0.1) is 0 Å². The Hall–Kier alpha value is -2.00. The van der Waals surface area contributed by atoms with Crippen molar-refractivity contribution >= 4 is 5.69 Å². The van der Waals surface area contributed by atoms with Crippen LogP contribution < -0.4 is 15.4 Å². The number of benzene rings is 2. The molecule has 0 aliphatic rings. The Balaban J connectivity index is 2.08. The maximum atomic E-state index is 5.60. The van der Waals surface area contributed by atoms with Gasteiger partial charge in [-0.25, -0.2) is 0 Å². The molecular formula is C16H20N2O. The first-order valence-electron chi connectivity index (χ1n) is 6.36. The van der Waals surface area contributed by atoms with Crippen LogP contribution in [0, 0.1) is 0 Å². The highest BCUT2D eigenvalue weighted by atomic mass is 16.5. The summed E-state index contributed by atoms with van der Waals surface area (Å²) in [5.74, 6) is 0.893. The van der Waals surface area contributed by atoms with Gasteiger partial charge in [0.2, 0.25) is 0 Å². The maximum absolute atomic E-state index is 5.60. The van der Waals surface area contributed by atoms with E-state index in [1.54, 1.807) is 7.11 Å². The van der Waals surface area contributed by atoms with Crippen molar-refractivity contribution < 1.29 is 4.74 Å². The molecule has 2 aromatic carbocycles. The SMILES string of the molecule is COc1cccc(CN(C)c2ccc(CN)cc2)c1. The van der Waals surface area contributed by atoms with Gasteiger partial charge in [-0.3, -0.25) is 0 Å². The number of hydrogen-bond donors (Lipinski definition) is 1. The van der Waals surface area contributed by atoms with Crippen molar-refractivity contribution in [2.45, 2.75) is 13.1 Å². The van der Waals surface area contributed by atoms with Gasteiger partial charge in [-0.05, 0) is 35.4 Å². The molecule has 0 heterocycles. The van der Waals surface area contributed by atoms with Crippen molar-refractivity contribution in [3.8, 4) is 5.75 Å². The van der Waals surface area contributed by atoms with Crippen molar-refractivity contribution in [3.63, 3.8) is 0 Å². The lowest BCUT2D eigenvalue weighted by Gasteiger charge is -2.20. The second kappa shape index (κ2) is 6.25. The van der Waals surface area contributed by atoms with E-state index in [9.17, 15) is 0 Å². The van der Waals surface area contributed by atoms with Gasteiger partial charge in [-0.1, -0.05) is 24.3 Å². The molecule has 0 aliphatic heterocycles. The third-order valence-corrected chi connectivity index (χ3v) is 3.17. The van der Waals surface area contributed by atoms with E-state index < -0.39 is 0 Å². The highest BCUT2D eigenvalue weighted by molar-refractivity contribution is 5.47. The normalized spacial score (nSPS) is 10.3. The molecule has 3 nitrogen and oxygen atoms in total. The zero-order chi connectivity index (χ0) is 13.7. The highest BCUT2D eigenvalue weighted by Crippen LogP contribution is 2.18. The summed E-state index contributed by atoms with van der Waals surface area (Å²) in [6.07, 6.45) is 0. The summed E-state index contributed by atoms with van der Waals surface area (Å²) in [6.45, 7) is 1.43. The number of anilines is 1. The second-order valence-corrected chi connectivity index (χ2v) is 4.58. The number of nitrogens with zero attached hydrogens (tertiary/aromatic N) is 1. The van der Waals surface area contributed by atoms with E-state index in [2.05, 4.69) is 48.3 Å². The van der Waals surface area contributed by atoms with E-state index in [-0.39, 0.29) is 0 Å². The van der Waals surface area contributed by atoms with Gasteiger partial charge in [0.1, 0.15) is 5.75 Å². The summed E-state index contributed by atoms with van der Waals surface area (Å²) in [6, 6.07) is 16.5. The number of nitrogens with two attached hydrogens (primary N) is 1. The fourth-order valence-electron chi connectivity index (χ4n) is 2.02. The van der Waals surface area contributed by atoms with E-state index in [1.165, 1.54) is 11.3 Å². The minimum atomic E-state index is 0.583. The smallest absolute Gasteiger partial charge is 0.119 e. The predicted molar refractivity (Wildman–Crippen MR) is 79.4 cm³/mol. The van der Waals surface area contributed by atoms with Crippen LogP contribution in [-0.2, 0) is 13.1 Å². The summed E-state index contributed by atoms with van der Waals surface area (Å²) < 4.78 is 5.24. The molecule has 0 unspecified atom stereocenters. The van der Waals surface area contributed by atoms with Gasteiger partial charge >= 0.3 is 0 Å². The van der Waals surface area contributed by atoms with Crippen LogP contribution in [0.4, 0.5) is 5.69 Å². The highest BCUT2D eigenvalue weighted by Gasteiger charge is 2.03. The molecule has 2 N–H and O–H groups in total. The first kappa shape index (κ1) is 13.4. The lowest BCUT2D eigenvalue weighted by molar-refractivity contribution is 0.414. The van der Waals surface area contributed by atoms with E-state index in [1.807, 2.05) is 12.1 Å². The largest absolute Gasteiger partial charge is 0.497 e. The van der Waals surface area contributed by atoms with E-state index >= 15 is 0 Å². The molecule has 3 heteroatoms. The molecule has 0 saturated heterocycles. The van der Waals surface area contributed by atoms with Crippen molar-refractivity contribution in [3.05, 3.63) is 59.7 Å². The molecule has 0 radical (unpaired) electrons. The van der Waals surface area contributed by atoms with Crippen LogP contribution in [0.2, 0.25) is 0 Å². The molecule has 2 rings (SSSR count). The van der Waals surface area contributed by atoms with Gasteiger partial charge in [0, 0.05) is 25.8 Å². The molecule has 100 valence electrons. The van der Waals surface area contributed by atoms with Crippen molar-refractivity contribution in [1.82, 2.24) is 0 Å². The van der Waals surface area contributed by atoms with Crippen LogP contribution in [0.3, 0.4) is 0 Å². The summed E-state index contributed by atoms with van der Waals surface area (Å²) in [7, 11) is 3.77. The van der Waals surface area contributed by atoms with E-state index in [0.717, 1.165) is 17.9 Å². The summed E-state index contributed by atoms with van der Waals surface area (Å²) in [4.78, 5) is 2.20. The molecule has 0 saturated carbocycles. The standard InChI is InChI=1S/C16H20N2O/c1-18(15-8-6-13(11-17)7-9-15)12-14-4-3-5-16(10-14)19-2/h3-10H,11-12,17H2,1-2H3. The molecule has 0 fully saturated rings. The quantitative estimate of drug-likeness (QED) is 0.894. The molecule has 0 amide bonds. The van der Waals surface area contributed by atoms with Gasteiger partial charge < -0.3 is 15.4 Å². The van der Waals surface area contributed by atoms with Crippen LogP contribution in [0.25, 0.3) is 0 Å². The lowest BCUT2D eigenvalue weighted by atomic mass is 10.1. The Morgan fingerprint density at radius 2 is 1.79 bits per heavy atom. The molecule has 0 atom stereocenters. The number of hydrogen-bond acceptors (Lipinski definition) is 3. The Bertz CT molecular complexity index is 523. The minimum absolute atomic E-state index is 0.583. The van der Waals surface area contributed by atoms with Gasteiger partial charge in [0.05, 0.1) is 7.11 Å². The van der Waals surface area contributed by atoms with Crippen LogP contribution >= 0.6 is 0 Å². The summed E-state index contributed by atoms with van der Waals surface area (Å²) in [5.41, 5.74) is 9.16. The zero-order valence-corrected chi connectivity index (χ0v) is 11.5. The van der Waals surface area contributed by atoms with Crippen molar-refractivity contribution in [2.24, 2.45) is 5.73 Å². The Labute approximate surface area is 114 Å². The number of ether oxygens (including phenoxy) is 1. The molecule has 19 heavy (non-hydrogen) atoms. The monoisotopic (exact) mass is 256 g/mol. The third kappa shape index (κ3) is 3.48. The summed E-state index contributed by atoms with van der Waals surface area (Å²) in [5, 5.41) is 0. The fourth-order valence-corrected chi connectivity index (χ4v) is 2.02. The van der Waals surface area contributed by atoms with Crippen molar-refractivity contribution in [1.29, 1.82) is 0 Å². The summed E-state index contributed by atoms with van der Waals surface area (Å²) >= 11 is 0. The molecule has 0 aliphatic carbocycles. The maximum Gasteiger partial charge on any atom is 0.119 e. The lowest BCUT2D eigenvalue weighted by Crippen LogP contribution is -2.16. The van der Waals surface area contributed by atoms with Crippen molar-refractivity contribution in [2.75, 3.05) is 19.1 Å². The van der Waals surface area contributed by atoms with E-state index in [4.69, 9.17) is 10.5 Å². The Kier molecular flexibility index (Phi) is 4.42. The first-order valence-corrected chi connectivity index (χ1v) is 6.36. The zero-order valence-electron chi connectivity index (χ0n) is 11.5. The second-order valence-electron chi connectivity index (χ2n) is 4.58. The average molecular weight is 256 g/mol. The molecular weight excluding hydrogens is 236 g/mol. The van der Waals surface area contributed by atoms with Gasteiger partial charge in [0.25, 0.3) is 0 Å². The predicted octanol–water partition coefficient (Wildman–Crippen LogP) is 2.79. The Morgan fingerprint density at radius 1 is 1.05 bits per heavy atom. The molecule has 0 spiro atoms. The molecule has 2 aromatic rings. The average Bonchev–Trinajstić information content (AvgIpc) is 2.47. The van der Waals surface area contributed by atoms with Crippen LogP contribution in [-0.4, -0.2) is 14.2 Å². The number of methoxy groups -OCH3 is 1. The Morgan fingerprint density at radius 3 is 2.42 bits per heavy atom. The third-order valence-electron chi connectivity index (χ3n) is 3.17. The topological polar surface area (TPSA) is 38.5 Å². The molecule has 0 aromatic heterocycles. The van der Waals surface area contributed by atoms with E-state index in [0.29, 0.717) is 6.54 Å². The molecule has 0 bridgehead atoms. The fraction of sp³-hybridized carbons (Fsp3) is 0.250. The van der Waals surface area contributed by atoms with Crippen LogP contribution in [0.15, 0.2) is 48.5 Å². The number of rotatable bonds is 5. The van der Waals surface area contributed by atoms with Crippen LogP contribution in [0.5, 0.6) is 5.75 Å². The van der Waals surface area contributed by atoms with Gasteiger partial charge in [0.15, 0.2) is 0 Å². The minimum Gasteiger partial charge on any atom is -0.497 e. The first-order chi connectivity index (χ1) is 9.22.